The topological polar surface area (TPSA) is 72.9 Å². The molecule has 0 saturated heterocycles. The van der Waals surface area contributed by atoms with Crippen LogP contribution in [0.4, 0.5) is 0 Å². The molecule has 1 aromatic heterocycles. The number of rotatable bonds is 6. The largest absolute Gasteiger partial charge is 0.497 e. The summed E-state index contributed by atoms with van der Waals surface area (Å²) in [6, 6.07) is 26.1. The molecule has 0 aliphatic heterocycles. The molecule has 4 rings (SSSR count). The molecular weight excluding hydrogens is 352 g/mol. The average Bonchev–Trinajstić information content (AvgIpc) is 3.31. The van der Waals surface area contributed by atoms with Crippen molar-refractivity contribution in [2.75, 3.05) is 14.2 Å². The molecule has 0 fully saturated rings. The van der Waals surface area contributed by atoms with Crippen LogP contribution < -0.4 is 9.47 Å². The Hall–Kier alpha value is -3.67. The molecular formula is C22H20N4O2. The molecule has 28 heavy (non-hydrogen) atoms. The summed E-state index contributed by atoms with van der Waals surface area (Å²) in [7, 11) is 3.31. The summed E-state index contributed by atoms with van der Waals surface area (Å²) in [5.41, 5.74) is 2.30. The first-order chi connectivity index (χ1) is 13.8. The van der Waals surface area contributed by atoms with E-state index in [0.717, 1.165) is 28.2 Å². The van der Waals surface area contributed by atoms with Gasteiger partial charge in [0, 0.05) is 0 Å². The van der Waals surface area contributed by atoms with Crippen LogP contribution in [0.15, 0.2) is 78.9 Å². The van der Waals surface area contributed by atoms with Gasteiger partial charge in [0.25, 0.3) is 0 Å². The van der Waals surface area contributed by atoms with Gasteiger partial charge >= 0.3 is 0 Å². The molecule has 0 amide bonds. The molecule has 4 aromatic rings. The van der Waals surface area contributed by atoms with Gasteiger partial charge < -0.3 is 9.47 Å². The van der Waals surface area contributed by atoms with Crippen LogP contribution in [0.1, 0.15) is 22.5 Å². The first-order valence-electron chi connectivity index (χ1n) is 8.87. The van der Waals surface area contributed by atoms with Crippen molar-refractivity contribution < 1.29 is 9.47 Å². The molecule has 0 aliphatic rings. The fourth-order valence-electron chi connectivity index (χ4n) is 3.58. The van der Waals surface area contributed by atoms with Crippen LogP contribution in [0.2, 0.25) is 0 Å². The van der Waals surface area contributed by atoms with Crippen LogP contribution >= 0.6 is 0 Å². The maximum absolute atomic E-state index is 5.35. The number of H-pyrrole nitrogens is 1. The van der Waals surface area contributed by atoms with Crippen molar-refractivity contribution >= 4 is 0 Å². The maximum atomic E-state index is 5.35. The number of nitrogens with one attached hydrogen (secondary N) is 1. The van der Waals surface area contributed by atoms with Crippen molar-refractivity contribution in [3.05, 3.63) is 101 Å². The van der Waals surface area contributed by atoms with E-state index in [1.54, 1.807) is 14.2 Å². The number of aromatic amines is 1. The molecule has 0 atom stereocenters. The van der Waals surface area contributed by atoms with Crippen LogP contribution in [-0.2, 0) is 5.41 Å². The van der Waals surface area contributed by atoms with Gasteiger partial charge in [0.2, 0.25) is 0 Å². The Labute approximate surface area is 163 Å². The Morgan fingerprint density at radius 2 is 1.18 bits per heavy atom. The standard InChI is InChI=1S/C22H20N4O2/c1-27-19-12-8-17(9-13-19)22(21-23-25-26-24-21,16-6-4-3-5-7-16)18-10-14-20(28-2)15-11-18/h3-15H,1-2H3,(H,23,24,25,26). The Balaban J connectivity index is 2.04. The third-order valence-electron chi connectivity index (χ3n) is 4.93. The zero-order valence-corrected chi connectivity index (χ0v) is 15.7. The first kappa shape index (κ1) is 17.7. The molecule has 3 aromatic carbocycles. The first-order valence-corrected chi connectivity index (χ1v) is 8.87. The summed E-state index contributed by atoms with van der Waals surface area (Å²) in [4.78, 5) is 0. The molecule has 6 heteroatoms. The lowest BCUT2D eigenvalue weighted by Gasteiger charge is -2.33. The molecule has 140 valence electrons. The molecule has 0 saturated carbocycles. The quantitative estimate of drug-likeness (QED) is 0.524. The van der Waals surface area contributed by atoms with E-state index < -0.39 is 5.41 Å². The van der Waals surface area contributed by atoms with Gasteiger partial charge in [-0.05, 0) is 41.0 Å². The molecule has 0 spiro atoms. The van der Waals surface area contributed by atoms with Gasteiger partial charge in [-0.25, -0.2) is 0 Å². The fourth-order valence-corrected chi connectivity index (χ4v) is 3.58. The van der Waals surface area contributed by atoms with E-state index in [1.165, 1.54) is 0 Å². The number of methoxy groups -OCH3 is 2. The number of tetrazole rings is 1. The second kappa shape index (κ2) is 7.52. The van der Waals surface area contributed by atoms with Gasteiger partial charge in [-0.15, -0.1) is 10.2 Å². The van der Waals surface area contributed by atoms with Gasteiger partial charge in [0.1, 0.15) is 16.9 Å². The third kappa shape index (κ3) is 2.89. The van der Waals surface area contributed by atoms with Crippen molar-refractivity contribution in [2.24, 2.45) is 0 Å². The minimum Gasteiger partial charge on any atom is -0.497 e. The van der Waals surface area contributed by atoms with Crippen LogP contribution in [0, 0.1) is 0 Å². The Morgan fingerprint density at radius 3 is 1.61 bits per heavy atom. The second-order valence-corrected chi connectivity index (χ2v) is 6.31. The van der Waals surface area contributed by atoms with E-state index in [0.29, 0.717) is 5.82 Å². The minimum absolute atomic E-state index is 0.564. The third-order valence-corrected chi connectivity index (χ3v) is 4.93. The summed E-state index contributed by atoms with van der Waals surface area (Å²) in [5, 5.41) is 15.2. The predicted octanol–water partition coefficient (Wildman–Crippen LogP) is 3.60. The Bertz CT molecular complexity index is 967. The van der Waals surface area contributed by atoms with Crippen molar-refractivity contribution in [3.63, 3.8) is 0 Å². The lowest BCUT2D eigenvalue weighted by Crippen LogP contribution is -2.32. The van der Waals surface area contributed by atoms with E-state index in [1.807, 2.05) is 66.7 Å². The van der Waals surface area contributed by atoms with Gasteiger partial charge in [-0.1, -0.05) is 59.8 Å². The van der Waals surface area contributed by atoms with E-state index in [4.69, 9.17) is 9.47 Å². The SMILES string of the molecule is COc1ccc(C(c2ccccc2)(c2ccc(OC)cc2)c2nn[nH]n2)cc1. The zero-order valence-electron chi connectivity index (χ0n) is 15.7. The summed E-state index contributed by atoms with van der Waals surface area (Å²) in [6.45, 7) is 0. The molecule has 6 nitrogen and oxygen atoms in total. The summed E-state index contributed by atoms with van der Waals surface area (Å²) in [5.74, 6) is 2.14. The van der Waals surface area contributed by atoms with Crippen LogP contribution in [0.3, 0.4) is 0 Å². The van der Waals surface area contributed by atoms with E-state index in [9.17, 15) is 0 Å². The monoisotopic (exact) mass is 372 g/mol. The number of ether oxygens (including phenoxy) is 2. The van der Waals surface area contributed by atoms with Gasteiger partial charge in [0.15, 0.2) is 5.82 Å². The number of hydrogen-bond acceptors (Lipinski definition) is 5. The van der Waals surface area contributed by atoms with Gasteiger partial charge in [0.05, 0.1) is 14.2 Å². The minimum atomic E-state index is -0.743. The van der Waals surface area contributed by atoms with Crippen LogP contribution in [0.25, 0.3) is 0 Å². The number of hydrogen-bond donors (Lipinski definition) is 1. The molecule has 0 aliphatic carbocycles. The smallest absolute Gasteiger partial charge is 0.193 e. The lowest BCUT2D eigenvalue weighted by atomic mass is 9.69. The molecule has 1 heterocycles. The highest BCUT2D eigenvalue weighted by molar-refractivity contribution is 5.57. The molecule has 0 unspecified atom stereocenters. The number of nitrogens with zero attached hydrogens (tertiary/aromatic N) is 3. The molecule has 0 radical (unpaired) electrons. The summed E-state index contributed by atoms with van der Waals surface area (Å²) < 4.78 is 10.7. The van der Waals surface area contributed by atoms with Crippen molar-refractivity contribution in [2.45, 2.75) is 5.41 Å². The fraction of sp³-hybridized carbons (Fsp3) is 0.136. The summed E-state index contributed by atoms with van der Waals surface area (Å²) in [6.07, 6.45) is 0. The highest BCUT2D eigenvalue weighted by Crippen LogP contribution is 2.43. The summed E-state index contributed by atoms with van der Waals surface area (Å²) >= 11 is 0. The predicted molar refractivity (Wildman–Crippen MR) is 106 cm³/mol. The van der Waals surface area contributed by atoms with Crippen molar-refractivity contribution in [1.82, 2.24) is 20.6 Å². The number of aromatic nitrogens is 4. The normalized spacial score (nSPS) is 11.2. The van der Waals surface area contributed by atoms with Gasteiger partial charge in [-0.2, -0.15) is 5.21 Å². The highest BCUT2D eigenvalue weighted by Gasteiger charge is 2.42. The average molecular weight is 372 g/mol. The van der Waals surface area contributed by atoms with E-state index in [2.05, 4.69) is 32.8 Å². The Kier molecular flexibility index (Phi) is 4.76. The van der Waals surface area contributed by atoms with E-state index in [-0.39, 0.29) is 0 Å². The Morgan fingerprint density at radius 1 is 0.679 bits per heavy atom. The van der Waals surface area contributed by atoms with E-state index >= 15 is 0 Å². The lowest BCUT2D eigenvalue weighted by molar-refractivity contribution is 0.414. The van der Waals surface area contributed by atoms with Crippen LogP contribution in [-0.4, -0.2) is 34.8 Å². The van der Waals surface area contributed by atoms with Crippen molar-refractivity contribution in [3.8, 4) is 11.5 Å². The highest BCUT2D eigenvalue weighted by atomic mass is 16.5. The van der Waals surface area contributed by atoms with Crippen LogP contribution in [0.5, 0.6) is 11.5 Å². The van der Waals surface area contributed by atoms with Gasteiger partial charge in [-0.3, -0.25) is 0 Å². The molecule has 0 bridgehead atoms. The maximum Gasteiger partial charge on any atom is 0.193 e. The molecule has 1 N–H and O–H groups in total. The number of benzene rings is 3. The van der Waals surface area contributed by atoms with Crippen molar-refractivity contribution in [1.29, 1.82) is 0 Å². The zero-order chi connectivity index (χ0) is 19.4. The second-order valence-electron chi connectivity index (χ2n) is 6.31.